The topological polar surface area (TPSA) is 89.6 Å². The van der Waals surface area contributed by atoms with Crippen LogP contribution in [0.25, 0.3) is 44.6 Å². The lowest BCUT2D eigenvalue weighted by molar-refractivity contribution is 0.313. The first-order valence-electron chi connectivity index (χ1n) is 10.5. The lowest BCUT2D eigenvalue weighted by Gasteiger charge is -2.34. The Bertz CT molecular complexity index is 1400. The number of pyridine rings is 1. The molecule has 0 radical (unpaired) electrons. The van der Waals surface area contributed by atoms with E-state index < -0.39 is 0 Å². The van der Waals surface area contributed by atoms with E-state index in [-0.39, 0.29) is 0 Å². The van der Waals surface area contributed by atoms with E-state index in [1.807, 2.05) is 6.20 Å². The summed E-state index contributed by atoms with van der Waals surface area (Å²) in [6.45, 7) is 4.29. The SMILES string of the molecule is CN1CCN(c2ccc(-c3cnc4[nH]c5c(Cl)nc(-c6cn[nH]c6)nc5c4c3)cc2)CC1. The minimum absolute atomic E-state index is 0.363. The molecule has 1 saturated heterocycles. The number of hydrogen-bond acceptors (Lipinski definition) is 6. The summed E-state index contributed by atoms with van der Waals surface area (Å²) in [5.74, 6) is 0.527. The monoisotopic (exact) mass is 444 g/mol. The minimum Gasteiger partial charge on any atom is -0.369 e. The van der Waals surface area contributed by atoms with E-state index in [2.05, 4.69) is 72.3 Å². The summed E-state index contributed by atoms with van der Waals surface area (Å²) >= 11 is 6.46. The molecule has 0 bridgehead atoms. The zero-order valence-corrected chi connectivity index (χ0v) is 18.3. The number of likely N-dealkylation sites (N-methyl/N-ethyl adjacent to an activating group) is 1. The molecule has 2 N–H and O–H groups in total. The van der Waals surface area contributed by atoms with E-state index in [4.69, 9.17) is 16.6 Å². The fourth-order valence-corrected chi connectivity index (χ4v) is 4.41. The highest BCUT2D eigenvalue weighted by molar-refractivity contribution is 6.34. The first kappa shape index (κ1) is 19.2. The molecule has 5 heterocycles. The van der Waals surface area contributed by atoms with Crippen molar-refractivity contribution < 1.29 is 0 Å². The largest absolute Gasteiger partial charge is 0.369 e. The molecule has 1 aliphatic heterocycles. The zero-order chi connectivity index (χ0) is 21.7. The summed E-state index contributed by atoms with van der Waals surface area (Å²) in [7, 11) is 2.17. The van der Waals surface area contributed by atoms with Crippen LogP contribution in [0, 0.1) is 0 Å². The molecule has 0 spiro atoms. The first-order chi connectivity index (χ1) is 15.7. The second-order valence-corrected chi connectivity index (χ2v) is 8.49. The molecule has 32 heavy (non-hydrogen) atoms. The second kappa shape index (κ2) is 7.58. The fourth-order valence-electron chi connectivity index (χ4n) is 4.19. The van der Waals surface area contributed by atoms with E-state index in [1.54, 1.807) is 12.4 Å². The van der Waals surface area contributed by atoms with Gasteiger partial charge in [0.05, 0.1) is 11.8 Å². The van der Waals surface area contributed by atoms with Crippen molar-refractivity contribution in [2.24, 2.45) is 0 Å². The van der Waals surface area contributed by atoms with Gasteiger partial charge in [0.2, 0.25) is 0 Å². The van der Waals surface area contributed by atoms with Crippen LogP contribution in [0.4, 0.5) is 5.69 Å². The maximum atomic E-state index is 6.46. The Hall–Kier alpha value is -3.49. The molecule has 1 fully saturated rings. The molecule has 160 valence electrons. The zero-order valence-electron chi connectivity index (χ0n) is 17.5. The number of aromatic nitrogens is 6. The molecule has 0 aliphatic carbocycles. The van der Waals surface area contributed by atoms with Crippen molar-refractivity contribution in [3.8, 4) is 22.5 Å². The Morgan fingerprint density at radius 1 is 0.938 bits per heavy atom. The molecule has 4 aromatic heterocycles. The molecule has 1 aromatic carbocycles. The van der Waals surface area contributed by atoms with Gasteiger partial charge >= 0.3 is 0 Å². The highest BCUT2D eigenvalue weighted by Crippen LogP contribution is 2.32. The van der Waals surface area contributed by atoms with Crippen LogP contribution in [0.15, 0.2) is 48.9 Å². The average molecular weight is 445 g/mol. The van der Waals surface area contributed by atoms with Crippen LogP contribution >= 0.6 is 11.6 Å². The van der Waals surface area contributed by atoms with Crippen molar-refractivity contribution in [3.63, 3.8) is 0 Å². The first-order valence-corrected chi connectivity index (χ1v) is 10.9. The normalized spacial score (nSPS) is 15.1. The highest BCUT2D eigenvalue weighted by atomic mass is 35.5. The number of aromatic amines is 2. The van der Waals surface area contributed by atoms with E-state index in [1.165, 1.54) is 5.69 Å². The number of nitrogens with one attached hydrogen (secondary N) is 2. The molecule has 0 atom stereocenters. The summed E-state index contributed by atoms with van der Waals surface area (Å²) < 4.78 is 0. The van der Waals surface area contributed by atoms with Gasteiger partial charge in [-0.25, -0.2) is 15.0 Å². The number of benzene rings is 1. The predicted octanol–water partition coefficient (Wildman–Crippen LogP) is 3.97. The van der Waals surface area contributed by atoms with Crippen molar-refractivity contribution in [1.29, 1.82) is 0 Å². The maximum Gasteiger partial charge on any atom is 0.164 e. The molecule has 5 aromatic rings. The van der Waals surface area contributed by atoms with Crippen LogP contribution in [-0.4, -0.2) is 68.3 Å². The minimum atomic E-state index is 0.363. The molecule has 6 rings (SSSR count). The van der Waals surface area contributed by atoms with Crippen molar-refractivity contribution in [1.82, 2.24) is 35.0 Å². The van der Waals surface area contributed by atoms with Crippen LogP contribution in [0.1, 0.15) is 0 Å². The van der Waals surface area contributed by atoms with Gasteiger partial charge in [-0.05, 0) is 30.8 Å². The van der Waals surface area contributed by atoms with Gasteiger partial charge in [0.1, 0.15) is 16.7 Å². The Kier molecular flexibility index (Phi) is 4.55. The Balaban J connectivity index is 1.39. The van der Waals surface area contributed by atoms with Crippen LogP contribution in [-0.2, 0) is 0 Å². The third-order valence-corrected chi connectivity index (χ3v) is 6.35. The van der Waals surface area contributed by atoms with Crippen molar-refractivity contribution >= 4 is 39.4 Å². The van der Waals surface area contributed by atoms with E-state index >= 15 is 0 Å². The average Bonchev–Trinajstić information content (AvgIpc) is 3.48. The third kappa shape index (κ3) is 3.28. The van der Waals surface area contributed by atoms with Crippen LogP contribution in [0.3, 0.4) is 0 Å². The van der Waals surface area contributed by atoms with Crippen LogP contribution in [0.5, 0.6) is 0 Å². The standard InChI is InChI=1S/C23H21ClN8/c1-31-6-8-32(9-7-31)17-4-2-14(3-5-17)15-10-18-19-20(29-23(18)25-11-15)21(24)30-22(28-19)16-12-26-27-13-16/h2-5,10-13H,6-9H2,1H3,(H,25,29)(H,26,27). The number of halogens is 1. The number of hydrogen-bond donors (Lipinski definition) is 2. The number of fused-ring (bicyclic) bond motifs is 3. The van der Waals surface area contributed by atoms with Crippen molar-refractivity contribution in [3.05, 3.63) is 54.1 Å². The van der Waals surface area contributed by atoms with Crippen LogP contribution in [0.2, 0.25) is 5.15 Å². The molecule has 0 saturated carbocycles. The maximum absolute atomic E-state index is 6.46. The number of H-pyrrole nitrogens is 2. The van der Waals surface area contributed by atoms with Gasteiger partial charge in [0.25, 0.3) is 0 Å². The summed E-state index contributed by atoms with van der Waals surface area (Å²) in [6, 6.07) is 10.8. The van der Waals surface area contributed by atoms with Gasteiger partial charge in [0, 0.05) is 55.2 Å². The van der Waals surface area contributed by atoms with Gasteiger partial charge in [-0.2, -0.15) is 5.10 Å². The highest BCUT2D eigenvalue weighted by Gasteiger charge is 2.16. The number of piperazine rings is 1. The van der Waals surface area contributed by atoms with Gasteiger partial charge in [-0.1, -0.05) is 23.7 Å². The Morgan fingerprint density at radius 3 is 2.50 bits per heavy atom. The lowest BCUT2D eigenvalue weighted by Crippen LogP contribution is -2.44. The van der Waals surface area contributed by atoms with Gasteiger partial charge in [-0.3, -0.25) is 5.10 Å². The summed E-state index contributed by atoms with van der Waals surface area (Å²) in [5, 5.41) is 8.05. The number of nitrogens with zero attached hydrogens (tertiary/aromatic N) is 6. The molecular weight excluding hydrogens is 424 g/mol. The third-order valence-electron chi connectivity index (χ3n) is 6.08. The van der Waals surface area contributed by atoms with Gasteiger partial charge in [0.15, 0.2) is 11.0 Å². The quantitative estimate of drug-likeness (QED) is 0.409. The number of rotatable bonds is 3. The molecule has 0 amide bonds. The molecule has 8 nitrogen and oxygen atoms in total. The molecule has 1 aliphatic rings. The van der Waals surface area contributed by atoms with Gasteiger partial charge < -0.3 is 14.8 Å². The second-order valence-electron chi connectivity index (χ2n) is 8.13. The Morgan fingerprint density at radius 2 is 1.75 bits per heavy atom. The van der Waals surface area contributed by atoms with Gasteiger partial charge in [-0.15, -0.1) is 0 Å². The number of anilines is 1. The molecule has 0 unspecified atom stereocenters. The van der Waals surface area contributed by atoms with Crippen molar-refractivity contribution in [2.45, 2.75) is 0 Å². The van der Waals surface area contributed by atoms with E-state index in [0.29, 0.717) is 16.5 Å². The predicted molar refractivity (Wildman–Crippen MR) is 127 cm³/mol. The lowest BCUT2D eigenvalue weighted by atomic mass is 10.1. The summed E-state index contributed by atoms with van der Waals surface area (Å²) in [6.07, 6.45) is 5.30. The summed E-state index contributed by atoms with van der Waals surface area (Å²) in [5.41, 5.74) is 6.35. The van der Waals surface area contributed by atoms with E-state index in [0.717, 1.165) is 59.4 Å². The van der Waals surface area contributed by atoms with Crippen molar-refractivity contribution in [2.75, 3.05) is 38.1 Å². The Labute approximate surface area is 189 Å². The van der Waals surface area contributed by atoms with Crippen LogP contribution < -0.4 is 4.90 Å². The fraction of sp³-hybridized carbons (Fsp3) is 0.217. The summed E-state index contributed by atoms with van der Waals surface area (Å²) in [4.78, 5) is 21.8. The molecular formula is C23H21ClN8. The van der Waals surface area contributed by atoms with E-state index in [9.17, 15) is 0 Å². The molecule has 9 heteroatoms. The smallest absolute Gasteiger partial charge is 0.164 e.